The SMILES string of the molecule is NC(=O)C=Cc1cc([N+](=O)[O-])cc(C(F)(F)F)c1. The Labute approximate surface area is 98.9 Å². The first-order chi connectivity index (χ1) is 8.20. The van der Waals surface area contributed by atoms with Gasteiger partial charge in [0.2, 0.25) is 5.91 Å². The predicted molar refractivity (Wildman–Crippen MR) is 56.3 cm³/mol. The number of hydrogen-bond acceptors (Lipinski definition) is 3. The Kier molecular flexibility index (Phi) is 3.70. The third-order valence-corrected chi connectivity index (χ3v) is 1.92. The molecule has 0 aliphatic rings. The number of primary amides is 1. The number of hydrogen-bond donors (Lipinski definition) is 1. The van der Waals surface area contributed by atoms with E-state index in [1.165, 1.54) is 0 Å². The highest BCUT2D eigenvalue weighted by molar-refractivity contribution is 5.90. The van der Waals surface area contributed by atoms with Gasteiger partial charge < -0.3 is 5.73 Å². The van der Waals surface area contributed by atoms with Crippen molar-refractivity contribution in [2.45, 2.75) is 6.18 Å². The lowest BCUT2D eigenvalue weighted by Gasteiger charge is -2.07. The van der Waals surface area contributed by atoms with Crippen LogP contribution in [-0.4, -0.2) is 10.8 Å². The van der Waals surface area contributed by atoms with Crippen LogP contribution in [0.25, 0.3) is 6.08 Å². The van der Waals surface area contributed by atoms with E-state index in [-0.39, 0.29) is 5.56 Å². The summed E-state index contributed by atoms with van der Waals surface area (Å²) in [6.45, 7) is 0. The summed E-state index contributed by atoms with van der Waals surface area (Å²) in [7, 11) is 0. The molecule has 0 radical (unpaired) electrons. The van der Waals surface area contributed by atoms with E-state index in [9.17, 15) is 28.1 Å². The van der Waals surface area contributed by atoms with Crippen molar-refractivity contribution in [1.82, 2.24) is 0 Å². The van der Waals surface area contributed by atoms with Crippen LogP contribution in [0.2, 0.25) is 0 Å². The van der Waals surface area contributed by atoms with Gasteiger partial charge in [0.15, 0.2) is 0 Å². The normalized spacial score (nSPS) is 11.7. The highest BCUT2D eigenvalue weighted by Crippen LogP contribution is 2.32. The van der Waals surface area contributed by atoms with Crippen LogP contribution in [0.5, 0.6) is 0 Å². The summed E-state index contributed by atoms with van der Waals surface area (Å²) in [5.74, 6) is -0.866. The van der Waals surface area contributed by atoms with Gasteiger partial charge in [-0.2, -0.15) is 13.2 Å². The van der Waals surface area contributed by atoms with Crippen LogP contribution < -0.4 is 5.73 Å². The molecule has 1 rings (SSSR count). The molecule has 18 heavy (non-hydrogen) atoms. The van der Waals surface area contributed by atoms with Crippen molar-refractivity contribution in [1.29, 1.82) is 0 Å². The fourth-order valence-corrected chi connectivity index (χ4v) is 1.18. The standard InChI is InChI=1S/C10H7F3N2O3/c11-10(12,13)7-3-6(1-2-9(14)16)4-8(5-7)15(17)18/h1-5H,(H2,14,16). The third-order valence-electron chi connectivity index (χ3n) is 1.92. The van der Waals surface area contributed by atoms with Gasteiger partial charge >= 0.3 is 6.18 Å². The fourth-order valence-electron chi connectivity index (χ4n) is 1.18. The van der Waals surface area contributed by atoms with Crippen molar-refractivity contribution in [3.8, 4) is 0 Å². The first-order valence-corrected chi connectivity index (χ1v) is 4.54. The molecular weight excluding hydrogens is 253 g/mol. The molecule has 1 aromatic carbocycles. The second kappa shape index (κ2) is 4.86. The number of nitrogens with zero attached hydrogens (tertiary/aromatic N) is 1. The molecule has 0 aromatic heterocycles. The van der Waals surface area contributed by atoms with Crippen molar-refractivity contribution < 1.29 is 22.9 Å². The molecule has 0 aliphatic carbocycles. The fraction of sp³-hybridized carbons (Fsp3) is 0.100. The molecule has 0 saturated heterocycles. The molecule has 1 aromatic rings. The van der Waals surface area contributed by atoms with Crippen LogP contribution in [0, 0.1) is 10.1 Å². The van der Waals surface area contributed by atoms with Crippen molar-refractivity contribution in [3.63, 3.8) is 0 Å². The van der Waals surface area contributed by atoms with Gasteiger partial charge in [0.25, 0.3) is 5.69 Å². The highest BCUT2D eigenvalue weighted by Gasteiger charge is 2.32. The van der Waals surface area contributed by atoms with Crippen LogP contribution in [0.15, 0.2) is 24.3 Å². The molecule has 8 heteroatoms. The Bertz CT molecular complexity index is 524. The molecule has 0 spiro atoms. The predicted octanol–water partition coefficient (Wildman–Crippen LogP) is 2.11. The van der Waals surface area contributed by atoms with Crippen molar-refractivity contribution >= 4 is 17.7 Å². The van der Waals surface area contributed by atoms with Crippen LogP contribution in [-0.2, 0) is 11.0 Å². The molecular formula is C10H7F3N2O3. The largest absolute Gasteiger partial charge is 0.416 e. The van der Waals surface area contributed by atoms with E-state index >= 15 is 0 Å². The molecule has 5 nitrogen and oxygen atoms in total. The molecule has 0 saturated carbocycles. The Morgan fingerprint density at radius 1 is 1.33 bits per heavy atom. The number of benzene rings is 1. The van der Waals surface area contributed by atoms with Gasteiger partial charge in [-0.15, -0.1) is 0 Å². The van der Waals surface area contributed by atoms with Crippen LogP contribution in [0.3, 0.4) is 0 Å². The molecule has 0 atom stereocenters. The van der Waals surface area contributed by atoms with Gasteiger partial charge in [-0.25, -0.2) is 0 Å². The summed E-state index contributed by atoms with van der Waals surface area (Å²) in [4.78, 5) is 20.0. The van der Waals surface area contributed by atoms with Crippen LogP contribution in [0.1, 0.15) is 11.1 Å². The molecule has 96 valence electrons. The minimum atomic E-state index is -4.71. The summed E-state index contributed by atoms with van der Waals surface area (Å²) in [5, 5.41) is 10.5. The van der Waals surface area contributed by atoms with Crippen molar-refractivity contribution in [2.75, 3.05) is 0 Å². The molecule has 1 amide bonds. The van der Waals surface area contributed by atoms with E-state index in [0.29, 0.717) is 12.1 Å². The third kappa shape index (κ3) is 3.58. The van der Waals surface area contributed by atoms with Gasteiger partial charge in [0, 0.05) is 18.2 Å². The quantitative estimate of drug-likeness (QED) is 0.513. The van der Waals surface area contributed by atoms with E-state index in [2.05, 4.69) is 0 Å². The van der Waals surface area contributed by atoms with Gasteiger partial charge in [-0.05, 0) is 17.7 Å². The number of rotatable bonds is 3. The Morgan fingerprint density at radius 3 is 2.39 bits per heavy atom. The highest BCUT2D eigenvalue weighted by atomic mass is 19.4. The maximum Gasteiger partial charge on any atom is 0.416 e. The average molecular weight is 260 g/mol. The minimum Gasteiger partial charge on any atom is -0.366 e. The Hall–Kier alpha value is -2.38. The second-order valence-electron chi connectivity index (χ2n) is 3.30. The maximum atomic E-state index is 12.5. The lowest BCUT2D eigenvalue weighted by atomic mass is 10.1. The summed E-state index contributed by atoms with van der Waals surface area (Å²) < 4.78 is 37.4. The molecule has 2 N–H and O–H groups in total. The van der Waals surface area contributed by atoms with E-state index in [0.717, 1.165) is 18.2 Å². The van der Waals surface area contributed by atoms with Crippen LogP contribution in [0.4, 0.5) is 18.9 Å². The number of alkyl halides is 3. The van der Waals surface area contributed by atoms with Gasteiger partial charge in [0.05, 0.1) is 10.5 Å². The van der Waals surface area contributed by atoms with Gasteiger partial charge in [-0.1, -0.05) is 0 Å². The van der Waals surface area contributed by atoms with Crippen molar-refractivity contribution in [3.05, 3.63) is 45.5 Å². The lowest BCUT2D eigenvalue weighted by molar-refractivity contribution is -0.385. The topological polar surface area (TPSA) is 86.2 Å². The average Bonchev–Trinajstić information content (AvgIpc) is 2.24. The van der Waals surface area contributed by atoms with Crippen LogP contribution >= 0.6 is 0 Å². The summed E-state index contributed by atoms with van der Waals surface area (Å²) in [5.41, 5.74) is 2.77. The molecule has 0 unspecified atom stereocenters. The number of carbonyl (C=O) groups excluding carboxylic acids is 1. The maximum absolute atomic E-state index is 12.5. The van der Waals surface area contributed by atoms with E-state index in [1.807, 2.05) is 0 Å². The summed E-state index contributed by atoms with van der Waals surface area (Å²) in [6, 6.07) is 2.02. The molecule has 0 fully saturated rings. The Morgan fingerprint density at radius 2 is 1.94 bits per heavy atom. The zero-order chi connectivity index (χ0) is 13.9. The summed E-state index contributed by atoms with van der Waals surface area (Å²) in [6.07, 6.45) is -2.91. The smallest absolute Gasteiger partial charge is 0.366 e. The number of non-ortho nitro benzene ring substituents is 1. The van der Waals surface area contributed by atoms with Gasteiger partial charge in [0.1, 0.15) is 0 Å². The lowest BCUT2D eigenvalue weighted by Crippen LogP contribution is -2.07. The number of nitrogens with two attached hydrogens (primary N) is 1. The van der Waals surface area contributed by atoms with E-state index in [4.69, 9.17) is 5.73 Å². The van der Waals surface area contributed by atoms with Gasteiger partial charge in [-0.3, -0.25) is 14.9 Å². The molecule has 0 bridgehead atoms. The zero-order valence-corrected chi connectivity index (χ0v) is 8.77. The number of carbonyl (C=O) groups is 1. The number of amides is 1. The first kappa shape index (κ1) is 13.7. The number of halogens is 3. The molecule has 0 aliphatic heterocycles. The first-order valence-electron chi connectivity index (χ1n) is 4.54. The zero-order valence-electron chi connectivity index (χ0n) is 8.77. The van der Waals surface area contributed by atoms with E-state index < -0.39 is 28.3 Å². The Balaban J connectivity index is 3.31. The monoisotopic (exact) mass is 260 g/mol. The summed E-state index contributed by atoms with van der Waals surface area (Å²) >= 11 is 0. The second-order valence-corrected chi connectivity index (χ2v) is 3.30. The number of nitro groups is 1. The molecule has 0 heterocycles. The van der Waals surface area contributed by atoms with Crippen molar-refractivity contribution in [2.24, 2.45) is 5.73 Å². The minimum absolute atomic E-state index is 0.129. The number of nitro benzene ring substituents is 1. The van der Waals surface area contributed by atoms with E-state index in [1.54, 1.807) is 0 Å².